The van der Waals surface area contributed by atoms with Gasteiger partial charge in [-0.15, -0.1) is 11.8 Å². The lowest BCUT2D eigenvalue weighted by atomic mass is 10.1. The number of thioether (sulfide) groups is 1. The highest BCUT2D eigenvalue weighted by atomic mass is 32.2. The molecule has 0 fully saturated rings. The third-order valence-electron chi connectivity index (χ3n) is 3.56. The summed E-state index contributed by atoms with van der Waals surface area (Å²) < 4.78 is 12.8. The van der Waals surface area contributed by atoms with Crippen molar-refractivity contribution in [3.8, 4) is 0 Å². The molecule has 0 bridgehead atoms. The molecule has 0 radical (unpaired) electrons. The summed E-state index contributed by atoms with van der Waals surface area (Å²) >= 11 is 1.56. The summed E-state index contributed by atoms with van der Waals surface area (Å²) in [6, 6.07) is 14.7. The van der Waals surface area contributed by atoms with Gasteiger partial charge in [0.2, 0.25) is 5.91 Å². The van der Waals surface area contributed by atoms with Crippen molar-refractivity contribution >= 4 is 17.7 Å². The van der Waals surface area contributed by atoms with Gasteiger partial charge in [0.05, 0.1) is 5.25 Å². The Bertz CT molecular complexity index is 625. The Morgan fingerprint density at radius 2 is 1.78 bits per heavy atom. The third-order valence-corrected chi connectivity index (χ3v) is 4.67. The maximum Gasteiger partial charge on any atom is 0.233 e. The van der Waals surface area contributed by atoms with Crippen LogP contribution in [0.25, 0.3) is 0 Å². The van der Waals surface area contributed by atoms with Gasteiger partial charge >= 0.3 is 0 Å². The first-order valence-electron chi connectivity index (χ1n) is 7.80. The number of nitrogens with one attached hydrogen (secondary N) is 1. The Morgan fingerprint density at radius 3 is 2.43 bits per heavy atom. The zero-order valence-corrected chi connectivity index (χ0v) is 14.3. The molecular weight excluding hydrogens is 309 g/mol. The zero-order valence-electron chi connectivity index (χ0n) is 13.5. The predicted molar refractivity (Wildman–Crippen MR) is 94.2 cm³/mol. The molecule has 0 heterocycles. The van der Waals surface area contributed by atoms with Crippen molar-refractivity contribution in [2.75, 3.05) is 6.54 Å². The second-order valence-electron chi connectivity index (χ2n) is 5.59. The molecule has 0 spiro atoms. The van der Waals surface area contributed by atoms with Crippen LogP contribution in [-0.4, -0.2) is 17.7 Å². The fourth-order valence-electron chi connectivity index (χ4n) is 2.17. The number of benzene rings is 2. The van der Waals surface area contributed by atoms with E-state index >= 15 is 0 Å². The molecule has 1 amide bonds. The van der Waals surface area contributed by atoms with E-state index in [1.807, 2.05) is 26.0 Å². The van der Waals surface area contributed by atoms with Gasteiger partial charge < -0.3 is 5.32 Å². The smallest absolute Gasteiger partial charge is 0.233 e. The Kier molecular flexibility index (Phi) is 6.66. The lowest BCUT2D eigenvalue weighted by Crippen LogP contribution is -2.31. The van der Waals surface area contributed by atoms with Crippen LogP contribution in [0.15, 0.2) is 53.4 Å². The van der Waals surface area contributed by atoms with E-state index in [0.29, 0.717) is 6.54 Å². The fourth-order valence-corrected chi connectivity index (χ4v) is 3.07. The summed E-state index contributed by atoms with van der Waals surface area (Å²) in [5.74, 6) is -0.168. The number of carbonyl (C=O) groups is 1. The van der Waals surface area contributed by atoms with E-state index in [0.717, 1.165) is 23.3 Å². The Balaban J connectivity index is 1.69. The monoisotopic (exact) mass is 331 g/mol. The van der Waals surface area contributed by atoms with Crippen molar-refractivity contribution < 1.29 is 9.18 Å². The van der Waals surface area contributed by atoms with Crippen molar-refractivity contribution in [3.05, 3.63) is 65.5 Å². The van der Waals surface area contributed by atoms with E-state index < -0.39 is 0 Å². The minimum atomic E-state index is -0.219. The van der Waals surface area contributed by atoms with Crippen molar-refractivity contribution in [1.29, 1.82) is 0 Å². The zero-order chi connectivity index (χ0) is 16.7. The number of rotatable bonds is 7. The van der Waals surface area contributed by atoms with E-state index in [1.54, 1.807) is 23.9 Å². The van der Waals surface area contributed by atoms with Crippen LogP contribution >= 0.6 is 11.8 Å². The molecule has 0 aliphatic rings. The lowest BCUT2D eigenvalue weighted by Gasteiger charge is -2.12. The molecule has 2 rings (SSSR count). The molecule has 0 unspecified atom stereocenters. The van der Waals surface area contributed by atoms with Gasteiger partial charge in [-0.25, -0.2) is 4.39 Å². The molecular formula is C19H22FNOS. The van der Waals surface area contributed by atoms with Gasteiger partial charge in [0.15, 0.2) is 0 Å². The summed E-state index contributed by atoms with van der Waals surface area (Å²) in [4.78, 5) is 13.2. The summed E-state index contributed by atoms with van der Waals surface area (Å²) in [6.07, 6.45) is 1.68. The van der Waals surface area contributed by atoms with Crippen molar-refractivity contribution in [2.45, 2.75) is 36.8 Å². The molecule has 2 nitrogen and oxygen atoms in total. The van der Waals surface area contributed by atoms with Crippen LogP contribution in [0.4, 0.5) is 4.39 Å². The Morgan fingerprint density at radius 1 is 1.13 bits per heavy atom. The van der Waals surface area contributed by atoms with E-state index in [4.69, 9.17) is 0 Å². The first-order valence-corrected chi connectivity index (χ1v) is 8.68. The lowest BCUT2D eigenvalue weighted by molar-refractivity contribution is -0.120. The minimum Gasteiger partial charge on any atom is -0.355 e. The molecule has 2 aromatic rings. The number of halogens is 1. The first kappa shape index (κ1) is 17.5. The average molecular weight is 331 g/mol. The van der Waals surface area contributed by atoms with Crippen molar-refractivity contribution in [3.63, 3.8) is 0 Å². The van der Waals surface area contributed by atoms with Gasteiger partial charge in [0.1, 0.15) is 5.82 Å². The van der Waals surface area contributed by atoms with Gasteiger partial charge in [-0.2, -0.15) is 0 Å². The fraction of sp³-hybridized carbons (Fsp3) is 0.316. The highest BCUT2D eigenvalue weighted by molar-refractivity contribution is 8.00. The van der Waals surface area contributed by atoms with Crippen LogP contribution in [0, 0.1) is 12.7 Å². The molecule has 0 saturated carbocycles. The van der Waals surface area contributed by atoms with Gasteiger partial charge in [0, 0.05) is 11.4 Å². The molecule has 1 atom stereocenters. The third kappa shape index (κ3) is 6.06. The highest BCUT2D eigenvalue weighted by Gasteiger charge is 2.13. The quantitative estimate of drug-likeness (QED) is 0.603. The molecule has 0 aliphatic carbocycles. The topological polar surface area (TPSA) is 29.1 Å². The molecule has 0 aliphatic heterocycles. The standard InChI is InChI=1S/C19H22FNOS/c1-14-5-11-18(12-6-14)23-15(2)19(22)21-13-3-4-16-7-9-17(20)10-8-16/h5-12,15H,3-4,13H2,1-2H3,(H,21,22)/t15-/m1/s1. The first-order chi connectivity index (χ1) is 11.0. The number of carbonyl (C=O) groups excluding carboxylic acids is 1. The maximum absolute atomic E-state index is 12.8. The number of hydrogen-bond acceptors (Lipinski definition) is 2. The van der Waals surface area contributed by atoms with E-state index in [2.05, 4.69) is 17.4 Å². The van der Waals surface area contributed by atoms with Gasteiger partial charge in [-0.05, 0) is 56.5 Å². The number of aryl methyl sites for hydroxylation is 2. The van der Waals surface area contributed by atoms with E-state index in [-0.39, 0.29) is 17.0 Å². The maximum atomic E-state index is 12.8. The van der Waals surface area contributed by atoms with Gasteiger partial charge in [-0.1, -0.05) is 29.8 Å². The molecule has 1 N–H and O–H groups in total. The Hall–Kier alpha value is -1.81. The second-order valence-corrected chi connectivity index (χ2v) is 7.01. The largest absolute Gasteiger partial charge is 0.355 e. The highest BCUT2D eigenvalue weighted by Crippen LogP contribution is 2.23. The predicted octanol–water partition coefficient (Wildman–Crippen LogP) is 4.36. The van der Waals surface area contributed by atoms with Crippen molar-refractivity contribution in [2.24, 2.45) is 0 Å². The summed E-state index contributed by atoms with van der Waals surface area (Å²) in [7, 11) is 0. The van der Waals surface area contributed by atoms with Crippen LogP contribution < -0.4 is 5.32 Å². The minimum absolute atomic E-state index is 0.0506. The van der Waals surface area contributed by atoms with Gasteiger partial charge in [-0.3, -0.25) is 4.79 Å². The molecule has 122 valence electrons. The van der Waals surface area contributed by atoms with E-state index in [1.165, 1.54) is 17.7 Å². The van der Waals surface area contributed by atoms with Crippen LogP contribution in [0.1, 0.15) is 24.5 Å². The number of amides is 1. The normalized spacial score (nSPS) is 12.0. The number of hydrogen-bond donors (Lipinski definition) is 1. The van der Waals surface area contributed by atoms with Crippen molar-refractivity contribution in [1.82, 2.24) is 5.32 Å². The molecule has 23 heavy (non-hydrogen) atoms. The summed E-state index contributed by atoms with van der Waals surface area (Å²) in [5, 5.41) is 2.84. The van der Waals surface area contributed by atoms with Gasteiger partial charge in [0.25, 0.3) is 0 Å². The molecule has 4 heteroatoms. The van der Waals surface area contributed by atoms with Crippen LogP contribution in [-0.2, 0) is 11.2 Å². The van der Waals surface area contributed by atoms with Crippen LogP contribution in [0.2, 0.25) is 0 Å². The van der Waals surface area contributed by atoms with Crippen LogP contribution in [0.3, 0.4) is 0 Å². The average Bonchev–Trinajstić information content (AvgIpc) is 2.55. The molecule has 0 aromatic heterocycles. The SMILES string of the molecule is Cc1ccc(S[C@H](C)C(=O)NCCCc2ccc(F)cc2)cc1. The molecule has 0 saturated heterocycles. The molecule has 2 aromatic carbocycles. The second kappa shape index (κ2) is 8.73. The summed E-state index contributed by atoms with van der Waals surface area (Å²) in [5.41, 5.74) is 2.30. The van der Waals surface area contributed by atoms with Crippen LogP contribution in [0.5, 0.6) is 0 Å². The van der Waals surface area contributed by atoms with E-state index in [9.17, 15) is 9.18 Å². The Labute approximate surface area is 141 Å². The summed E-state index contributed by atoms with van der Waals surface area (Å²) in [6.45, 7) is 4.60.